The van der Waals surface area contributed by atoms with Crippen molar-refractivity contribution in [2.24, 2.45) is 7.05 Å². The van der Waals surface area contributed by atoms with Crippen LogP contribution in [-0.2, 0) is 16.6 Å². The monoisotopic (exact) mass is 474 g/mol. The van der Waals surface area contributed by atoms with Crippen molar-refractivity contribution in [2.75, 3.05) is 5.32 Å². The number of benzene rings is 3. The summed E-state index contributed by atoms with van der Waals surface area (Å²) < 4.78 is 6.82. The maximum atomic E-state index is 13.4. The number of hydrogen-bond donors (Lipinski definition) is 1. The van der Waals surface area contributed by atoms with Crippen LogP contribution >= 0.6 is 11.6 Å². The van der Waals surface area contributed by atoms with E-state index >= 15 is 0 Å². The zero-order valence-corrected chi connectivity index (χ0v) is 19.7. The molecule has 1 N–H and O–H groups in total. The molecule has 0 aliphatic rings. The molecule has 1 aromatic heterocycles. The fourth-order valence-corrected chi connectivity index (χ4v) is 4.01. The minimum atomic E-state index is -1.11. The maximum Gasteiger partial charge on any atom is 0.356 e. The lowest BCUT2D eigenvalue weighted by atomic mass is 9.97. The van der Waals surface area contributed by atoms with Gasteiger partial charge in [0.15, 0.2) is 6.10 Å². The number of amides is 1. The van der Waals surface area contributed by atoms with Gasteiger partial charge >= 0.3 is 5.97 Å². The summed E-state index contributed by atoms with van der Waals surface area (Å²) in [5, 5.41) is 4.34. The molecule has 0 saturated carbocycles. The number of carbonyl (C=O) groups excluding carboxylic acids is 2. The minimum absolute atomic E-state index is 0.0773. The number of pyridine rings is 1. The van der Waals surface area contributed by atoms with E-state index < -0.39 is 18.0 Å². The molecule has 0 bridgehead atoms. The fourth-order valence-electron chi connectivity index (χ4n) is 3.83. The predicted octanol–water partition coefficient (Wildman–Crippen LogP) is 5.35. The van der Waals surface area contributed by atoms with Gasteiger partial charge < -0.3 is 14.6 Å². The first-order chi connectivity index (χ1) is 16.3. The van der Waals surface area contributed by atoms with Gasteiger partial charge in [-0.05, 0) is 48.6 Å². The lowest BCUT2D eigenvalue weighted by Gasteiger charge is -2.19. The Hall–Kier alpha value is -3.90. The topological polar surface area (TPSA) is 77.4 Å². The Kier molecular flexibility index (Phi) is 6.52. The van der Waals surface area contributed by atoms with Crippen LogP contribution in [0, 0.1) is 6.92 Å². The molecule has 1 heterocycles. The Morgan fingerprint density at radius 3 is 2.32 bits per heavy atom. The van der Waals surface area contributed by atoms with Crippen molar-refractivity contribution >= 4 is 39.9 Å². The van der Waals surface area contributed by atoms with Crippen molar-refractivity contribution in [3.8, 4) is 11.1 Å². The van der Waals surface area contributed by atoms with E-state index in [0.29, 0.717) is 27.0 Å². The van der Waals surface area contributed by atoms with Gasteiger partial charge in [-0.3, -0.25) is 9.59 Å². The minimum Gasteiger partial charge on any atom is -0.448 e. The van der Waals surface area contributed by atoms with Gasteiger partial charge in [0.2, 0.25) is 0 Å². The van der Waals surface area contributed by atoms with Crippen molar-refractivity contribution in [3.05, 3.63) is 99.4 Å². The highest BCUT2D eigenvalue weighted by Crippen LogP contribution is 2.31. The Bertz CT molecular complexity index is 1460. The zero-order valence-electron chi connectivity index (χ0n) is 19.0. The first kappa shape index (κ1) is 23.3. The fraction of sp³-hybridized carbons (Fsp3) is 0.148. The molecule has 0 aliphatic carbocycles. The van der Waals surface area contributed by atoms with Crippen LogP contribution in [0.3, 0.4) is 0 Å². The van der Waals surface area contributed by atoms with Gasteiger partial charge in [0.25, 0.3) is 11.5 Å². The highest BCUT2D eigenvalue weighted by molar-refractivity contribution is 6.31. The van der Waals surface area contributed by atoms with Crippen LogP contribution in [0.15, 0.2) is 77.6 Å². The van der Waals surface area contributed by atoms with Crippen molar-refractivity contribution < 1.29 is 14.3 Å². The summed E-state index contributed by atoms with van der Waals surface area (Å²) in [5.41, 5.74) is 2.43. The summed E-state index contributed by atoms with van der Waals surface area (Å²) in [5.74, 6) is -1.28. The normalized spacial score (nSPS) is 11.8. The van der Waals surface area contributed by atoms with Crippen molar-refractivity contribution in [2.45, 2.75) is 20.0 Å². The van der Waals surface area contributed by atoms with Crippen LogP contribution in [0.25, 0.3) is 21.9 Å². The van der Waals surface area contributed by atoms with Gasteiger partial charge in [-0.2, -0.15) is 0 Å². The van der Waals surface area contributed by atoms with Gasteiger partial charge in [0.05, 0.1) is 0 Å². The van der Waals surface area contributed by atoms with E-state index in [0.717, 1.165) is 11.1 Å². The summed E-state index contributed by atoms with van der Waals surface area (Å²) in [7, 11) is 1.53. The average Bonchev–Trinajstić information content (AvgIpc) is 2.83. The predicted molar refractivity (Wildman–Crippen MR) is 134 cm³/mol. The van der Waals surface area contributed by atoms with Crippen LogP contribution in [0.5, 0.6) is 0 Å². The second kappa shape index (κ2) is 9.53. The Morgan fingerprint density at radius 1 is 0.971 bits per heavy atom. The summed E-state index contributed by atoms with van der Waals surface area (Å²) in [6, 6.07) is 21.6. The largest absolute Gasteiger partial charge is 0.448 e. The molecule has 172 valence electrons. The number of nitrogens with one attached hydrogen (secondary N) is 1. The number of aryl methyl sites for hydroxylation is 1. The SMILES string of the molecule is Cc1ccc(Cl)cc1NC(=O)C(C)OC(=O)c1c(-c2ccccc2)c2ccccc2c(=O)n1C. The molecule has 34 heavy (non-hydrogen) atoms. The molecule has 0 aliphatic heterocycles. The van der Waals surface area contributed by atoms with E-state index in [1.165, 1.54) is 18.5 Å². The summed E-state index contributed by atoms with van der Waals surface area (Å²) in [6.45, 7) is 3.31. The van der Waals surface area contributed by atoms with Crippen LogP contribution < -0.4 is 10.9 Å². The third kappa shape index (κ3) is 4.45. The number of hydrogen-bond acceptors (Lipinski definition) is 4. The zero-order chi connectivity index (χ0) is 24.4. The van der Waals surface area contributed by atoms with Gasteiger partial charge in [-0.15, -0.1) is 0 Å². The molecule has 6 nitrogen and oxygen atoms in total. The number of rotatable bonds is 5. The summed E-state index contributed by atoms with van der Waals surface area (Å²) in [4.78, 5) is 39.2. The molecule has 0 saturated heterocycles. The molecule has 0 spiro atoms. The molecular formula is C27H23ClN2O4. The molecule has 1 unspecified atom stereocenters. The van der Waals surface area contributed by atoms with Crippen LogP contribution in [0.1, 0.15) is 23.0 Å². The molecule has 0 radical (unpaired) electrons. The van der Waals surface area contributed by atoms with Crippen LogP contribution in [0.4, 0.5) is 5.69 Å². The second-order valence-electron chi connectivity index (χ2n) is 8.00. The van der Waals surface area contributed by atoms with Gasteiger partial charge in [0, 0.05) is 28.7 Å². The standard InChI is InChI=1S/C27H23ClN2O4/c1-16-13-14-19(28)15-22(16)29-25(31)17(2)34-27(33)24-23(18-9-5-4-6-10-18)20-11-7-8-12-21(20)26(32)30(24)3/h4-15,17H,1-3H3,(H,29,31). The first-order valence-electron chi connectivity index (χ1n) is 10.7. The Morgan fingerprint density at radius 2 is 1.62 bits per heavy atom. The number of halogens is 1. The molecule has 1 amide bonds. The Labute approximate surface area is 201 Å². The van der Waals surface area contributed by atoms with Crippen LogP contribution in [0.2, 0.25) is 5.02 Å². The number of esters is 1. The molecule has 0 fully saturated rings. The highest BCUT2D eigenvalue weighted by atomic mass is 35.5. The summed E-state index contributed by atoms with van der Waals surface area (Å²) in [6.07, 6.45) is -1.11. The van der Waals surface area contributed by atoms with E-state index in [-0.39, 0.29) is 11.3 Å². The maximum absolute atomic E-state index is 13.4. The lowest BCUT2D eigenvalue weighted by molar-refractivity contribution is -0.123. The van der Waals surface area contributed by atoms with E-state index in [9.17, 15) is 14.4 Å². The van der Waals surface area contributed by atoms with Crippen molar-refractivity contribution in [3.63, 3.8) is 0 Å². The summed E-state index contributed by atoms with van der Waals surface area (Å²) >= 11 is 6.03. The number of nitrogens with zero attached hydrogens (tertiary/aromatic N) is 1. The molecule has 3 aromatic carbocycles. The number of anilines is 1. The second-order valence-corrected chi connectivity index (χ2v) is 8.43. The van der Waals surface area contributed by atoms with E-state index in [1.54, 1.807) is 36.4 Å². The van der Waals surface area contributed by atoms with Crippen molar-refractivity contribution in [1.82, 2.24) is 4.57 Å². The smallest absolute Gasteiger partial charge is 0.356 e. The van der Waals surface area contributed by atoms with Gasteiger partial charge in [-0.25, -0.2) is 4.79 Å². The molecular weight excluding hydrogens is 452 g/mol. The number of aromatic nitrogens is 1. The molecule has 4 rings (SSSR count). The number of fused-ring (bicyclic) bond motifs is 1. The number of carbonyl (C=O) groups is 2. The van der Waals surface area contributed by atoms with Crippen molar-refractivity contribution in [1.29, 1.82) is 0 Å². The molecule has 7 heteroatoms. The number of ether oxygens (including phenoxy) is 1. The Balaban J connectivity index is 1.72. The molecule has 4 aromatic rings. The first-order valence-corrected chi connectivity index (χ1v) is 11.1. The average molecular weight is 475 g/mol. The van der Waals surface area contributed by atoms with Gasteiger partial charge in [0.1, 0.15) is 5.69 Å². The third-order valence-corrected chi connectivity index (χ3v) is 5.91. The lowest BCUT2D eigenvalue weighted by Crippen LogP contribution is -2.33. The quantitative estimate of drug-likeness (QED) is 0.395. The van der Waals surface area contributed by atoms with E-state index in [4.69, 9.17) is 16.3 Å². The highest BCUT2D eigenvalue weighted by Gasteiger charge is 2.26. The third-order valence-electron chi connectivity index (χ3n) is 5.67. The van der Waals surface area contributed by atoms with Gasteiger partial charge in [-0.1, -0.05) is 66.2 Å². The van der Waals surface area contributed by atoms with Crippen LogP contribution in [-0.4, -0.2) is 22.5 Å². The van der Waals surface area contributed by atoms with E-state index in [2.05, 4.69) is 5.32 Å². The molecule has 1 atom stereocenters. The van der Waals surface area contributed by atoms with E-state index in [1.807, 2.05) is 43.3 Å².